The molecule has 0 saturated carbocycles. The molecule has 4 nitrogen and oxygen atoms in total. The second-order valence-electron chi connectivity index (χ2n) is 4.48. The van der Waals surface area contributed by atoms with E-state index in [2.05, 4.69) is 59.0 Å². The van der Waals surface area contributed by atoms with Crippen LogP contribution in [0, 0.1) is 0 Å². The van der Waals surface area contributed by atoms with Gasteiger partial charge in [0.2, 0.25) is 0 Å². The van der Waals surface area contributed by atoms with E-state index in [1.54, 1.807) is 0 Å². The maximum absolute atomic E-state index is 2.52. The molecule has 0 atom stereocenters. The molecule has 0 aromatic rings. The molecule has 4 aliphatic rings. The molecule has 4 aliphatic heterocycles. The van der Waals surface area contributed by atoms with Crippen LogP contribution in [0.4, 0.5) is 0 Å². The van der Waals surface area contributed by atoms with Crippen molar-refractivity contribution in [3.05, 3.63) is 0 Å². The molecule has 4 rings (SSSR count). The van der Waals surface area contributed by atoms with E-state index in [0.717, 1.165) is 0 Å². The van der Waals surface area contributed by atoms with Crippen molar-refractivity contribution in [1.29, 1.82) is 0 Å². The molecule has 4 heterocycles. The summed E-state index contributed by atoms with van der Waals surface area (Å²) < 4.78 is 1.21. The monoisotopic (exact) mass is 409 g/mol. The molecular weight excluding hydrogens is 394 g/mol. The molecular formula is C7H15I2N4+. The van der Waals surface area contributed by atoms with Gasteiger partial charge in [-0.15, -0.1) is 0 Å². The molecule has 0 spiro atoms. The van der Waals surface area contributed by atoms with Gasteiger partial charge in [-0.3, -0.25) is 4.48 Å². The first-order chi connectivity index (χ1) is 6.23. The Morgan fingerprint density at radius 2 is 1.15 bits per heavy atom. The predicted octanol–water partition coefficient (Wildman–Crippen LogP) is 0.896. The Balaban J connectivity index is 0.000000308. The van der Waals surface area contributed by atoms with Crippen LogP contribution in [0.5, 0.6) is 0 Å². The second-order valence-corrected chi connectivity index (χ2v) is 4.48. The van der Waals surface area contributed by atoms with Crippen LogP contribution in [0.15, 0.2) is 0 Å². The first-order valence-corrected chi connectivity index (χ1v) is 10.7. The summed E-state index contributed by atoms with van der Waals surface area (Å²) in [5, 5.41) is 0. The maximum Gasteiger partial charge on any atom is 0.139 e. The molecule has 0 unspecified atom stereocenters. The first kappa shape index (κ1) is 10.8. The highest BCUT2D eigenvalue weighted by Gasteiger charge is 2.45. The number of nitrogens with zero attached hydrogens (tertiary/aromatic N) is 4. The van der Waals surface area contributed by atoms with Crippen molar-refractivity contribution in [1.82, 2.24) is 14.7 Å². The minimum atomic E-state index is 1.20. The molecule has 4 fully saturated rings. The second kappa shape index (κ2) is 4.05. The largest absolute Gasteiger partial charge is 0.288 e. The van der Waals surface area contributed by atoms with Gasteiger partial charge in [0.15, 0.2) is 0 Å². The molecule has 0 aliphatic carbocycles. The summed E-state index contributed by atoms with van der Waals surface area (Å²) in [6.45, 7) is 7.37. The number of hydrogen-bond acceptors (Lipinski definition) is 3. The van der Waals surface area contributed by atoms with Crippen LogP contribution < -0.4 is 0 Å². The van der Waals surface area contributed by atoms with Gasteiger partial charge in [0, 0.05) is 37.2 Å². The number of hydrogen-bond donors (Lipinski definition) is 0. The number of quaternary nitrogens is 1. The first-order valence-electron chi connectivity index (χ1n) is 4.38. The Kier molecular flexibility index (Phi) is 3.36. The average Bonchev–Trinajstić information content (AvgIpc) is 2.02. The van der Waals surface area contributed by atoms with Gasteiger partial charge < -0.3 is 0 Å². The van der Waals surface area contributed by atoms with Gasteiger partial charge in [0.25, 0.3) is 0 Å². The summed E-state index contributed by atoms with van der Waals surface area (Å²) in [7, 11) is 2.35. The van der Waals surface area contributed by atoms with Crippen molar-refractivity contribution in [2.45, 2.75) is 0 Å². The molecule has 76 valence electrons. The third-order valence-corrected chi connectivity index (χ3v) is 2.82. The minimum absolute atomic E-state index is 1.20. The van der Waals surface area contributed by atoms with Crippen molar-refractivity contribution in [2.24, 2.45) is 0 Å². The molecule has 4 saturated heterocycles. The van der Waals surface area contributed by atoms with E-state index in [1.807, 2.05) is 0 Å². The molecule has 0 N–H and O–H groups in total. The average molecular weight is 409 g/mol. The molecule has 4 bridgehead atoms. The molecule has 0 aromatic heterocycles. The highest BCUT2D eigenvalue weighted by Crippen LogP contribution is 2.25. The van der Waals surface area contributed by atoms with Gasteiger partial charge in [0.1, 0.15) is 20.0 Å². The van der Waals surface area contributed by atoms with Crippen molar-refractivity contribution in [3.63, 3.8) is 0 Å². The van der Waals surface area contributed by atoms with Gasteiger partial charge in [-0.25, -0.2) is 14.7 Å². The summed E-state index contributed by atoms with van der Waals surface area (Å²) in [6, 6.07) is 0. The SMILES string of the molecule is C[N+]12CN3CN(CN(C3)C1)C2.II. The van der Waals surface area contributed by atoms with Crippen LogP contribution in [0.3, 0.4) is 0 Å². The zero-order chi connectivity index (χ0) is 9.47. The Hall–Kier alpha value is 1.30. The summed E-state index contributed by atoms with van der Waals surface area (Å²) in [4.78, 5) is 7.57. The highest BCUT2D eigenvalue weighted by molar-refractivity contribution is 15.0. The van der Waals surface area contributed by atoms with E-state index in [0.29, 0.717) is 0 Å². The summed E-state index contributed by atoms with van der Waals surface area (Å²) in [5.74, 6) is 0. The standard InChI is InChI=1S/C7H15N4.I2/c1-11-5-8-2-9(6-11)4-10(3-8)7-11;1-2/h2-7H2,1H3;/q+1;. The summed E-state index contributed by atoms with van der Waals surface area (Å²) >= 11 is 4.24. The van der Waals surface area contributed by atoms with Crippen LogP contribution in [-0.4, -0.2) is 66.2 Å². The molecule has 6 heteroatoms. The topological polar surface area (TPSA) is 9.72 Å². The maximum atomic E-state index is 2.52. The smallest absolute Gasteiger partial charge is 0.139 e. The Labute approximate surface area is 103 Å². The summed E-state index contributed by atoms with van der Waals surface area (Å²) in [5.41, 5.74) is 0. The highest BCUT2D eigenvalue weighted by atomic mass is 128. The zero-order valence-electron chi connectivity index (χ0n) is 7.79. The van der Waals surface area contributed by atoms with E-state index in [-0.39, 0.29) is 0 Å². The lowest BCUT2D eigenvalue weighted by Gasteiger charge is -2.59. The van der Waals surface area contributed by atoms with Crippen molar-refractivity contribution >= 4 is 37.2 Å². The van der Waals surface area contributed by atoms with E-state index in [4.69, 9.17) is 0 Å². The van der Waals surface area contributed by atoms with Gasteiger partial charge in [-0.05, 0) is 0 Å². The van der Waals surface area contributed by atoms with Crippen LogP contribution in [0.1, 0.15) is 0 Å². The van der Waals surface area contributed by atoms with E-state index >= 15 is 0 Å². The van der Waals surface area contributed by atoms with E-state index < -0.39 is 0 Å². The lowest BCUT2D eigenvalue weighted by Crippen LogP contribution is -2.77. The minimum Gasteiger partial charge on any atom is -0.288 e. The third-order valence-electron chi connectivity index (χ3n) is 2.82. The van der Waals surface area contributed by atoms with Crippen molar-refractivity contribution < 1.29 is 4.48 Å². The molecule has 0 aromatic carbocycles. The molecule has 0 amide bonds. The van der Waals surface area contributed by atoms with E-state index in [9.17, 15) is 0 Å². The number of rotatable bonds is 0. The fourth-order valence-electron chi connectivity index (χ4n) is 2.83. The predicted molar refractivity (Wildman–Crippen MR) is 68.9 cm³/mol. The molecule has 13 heavy (non-hydrogen) atoms. The van der Waals surface area contributed by atoms with Gasteiger partial charge in [-0.2, -0.15) is 0 Å². The van der Waals surface area contributed by atoms with Crippen molar-refractivity contribution in [3.8, 4) is 0 Å². The van der Waals surface area contributed by atoms with Gasteiger partial charge >= 0.3 is 0 Å². The van der Waals surface area contributed by atoms with Crippen LogP contribution in [0.2, 0.25) is 0 Å². The van der Waals surface area contributed by atoms with E-state index in [1.165, 1.54) is 44.5 Å². The van der Waals surface area contributed by atoms with Crippen molar-refractivity contribution in [2.75, 3.05) is 47.1 Å². The lowest BCUT2D eigenvalue weighted by atomic mass is 10.3. The van der Waals surface area contributed by atoms with Gasteiger partial charge in [0.05, 0.1) is 27.1 Å². The van der Waals surface area contributed by atoms with Crippen LogP contribution in [-0.2, 0) is 0 Å². The fourth-order valence-corrected chi connectivity index (χ4v) is 2.83. The molecule has 0 radical (unpaired) electrons. The zero-order valence-corrected chi connectivity index (χ0v) is 12.1. The number of halogens is 2. The Morgan fingerprint density at radius 1 is 0.846 bits per heavy atom. The summed E-state index contributed by atoms with van der Waals surface area (Å²) in [6.07, 6.45) is 0. The Morgan fingerprint density at radius 3 is 1.38 bits per heavy atom. The quantitative estimate of drug-likeness (QED) is 0.435. The Bertz CT molecular complexity index is 164. The van der Waals surface area contributed by atoms with Crippen LogP contribution >= 0.6 is 37.2 Å². The lowest BCUT2D eigenvalue weighted by molar-refractivity contribution is -0.963. The van der Waals surface area contributed by atoms with Crippen LogP contribution in [0.25, 0.3) is 0 Å². The normalized spacial score (nSPS) is 51.5. The fraction of sp³-hybridized carbons (Fsp3) is 1.00. The third kappa shape index (κ3) is 2.12. The van der Waals surface area contributed by atoms with Gasteiger partial charge in [-0.1, -0.05) is 0 Å².